The monoisotopic (exact) mass is 185 g/mol. The molecule has 0 fully saturated rings. The zero-order chi connectivity index (χ0) is 7.61. The standard InChI is InChI=1S/C6H3F3N.K/c7-6(8,9)5-2-1-3-10-4-5;/h2-4H;/q-1;+1. The topological polar surface area (TPSA) is 12.9 Å². The van der Waals surface area contributed by atoms with Gasteiger partial charge in [-0.3, -0.25) is 0 Å². The quantitative estimate of drug-likeness (QED) is 0.369. The first kappa shape index (κ1) is 11.6. The van der Waals surface area contributed by atoms with Gasteiger partial charge in [-0.15, -0.1) is 0 Å². The second kappa shape index (κ2) is 4.56. The second-order valence-corrected chi connectivity index (χ2v) is 1.67. The summed E-state index contributed by atoms with van der Waals surface area (Å²) in [5.74, 6) is 0. The van der Waals surface area contributed by atoms with Crippen LogP contribution in [0.25, 0.3) is 0 Å². The molecule has 0 aliphatic carbocycles. The summed E-state index contributed by atoms with van der Waals surface area (Å²) >= 11 is 0. The Labute approximate surface area is 104 Å². The molecule has 1 rings (SSSR count). The van der Waals surface area contributed by atoms with E-state index < -0.39 is 11.7 Å². The Kier molecular flexibility index (Phi) is 4.80. The Morgan fingerprint density at radius 2 is 2.00 bits per heavy atom. The maximum atomic E-state index is 11.7. The van der Waals surface area contributed by atoms with Gasteiger partial charge in [0.15, 0.2) is 0 Å². The van der Waals surface area contributed by atoms with E-state index in [-0.39, 0.29) is 51.4 Å². The average Bonchev–Trinajstić information content (AvgIpc) is 1.88. The normalized spacial score (nSPS) is 10.5. The fraction of sp³-hybridized carbons (Fsp3) is 0.167. The number of alkyl halides is 3. The number of nitrogens with zero attached hydrogens (tertiary/aromatic N) is 1. The molecule has 0 amide bonds. The van der Waals surface area contributed by atoms with Crippen molar-refractivity contribution in [1.29, 1.82) is 0 Å². The second-order valence-electron chi connectivity index (χ2n) is 1.67. The summed E-state index contributed by atoms with van der Waals surface area (Å²) in [7, 11) is 0. The van der Waals surface area contributed by atoms with Crippen LogP contribution in [0.3, 0.4) is 0 Å². The molecule has 1 aromatic heterocycles. The van der Waals surface area contributed by atoms with Gasteiger partial charge in [0.1, 0.15) is 0 Å². The van der Waals surface area contributed by atoms with Crippen molar-refractivity contribution in [2.75, 3.05) is 0 Å². The summed E-state index contributed by atoms with van der Waals surface area (Å²) in [6.45, 7) is 0. The first-order chi connectivity index (χ1) is 4.61. The molecule has 0 aliphatic rings. The first-order valence-corrected chi connectivity index (χ1v) is 2.49. The Hall–Kier alpha value is 0.576. The summed E-state index contributed by atoms with van der Waals surface area (Å²) < 4.78 is 35.2. The zero-order valence-corrected chi connectivity index (χ0v) is 8.94. The molecule has 1 aromatic rings. The van der Waals surface area contributed by atoms with Crippen LogP contribution in [-0.2, 0) is 6.18 Å². The summed E-state index contributed by atoms with van der Waals surface area (Å²) in [6, 6.07) is 3.09. The van der Waals surface area contributed by atoms with E-state index in [1.807, 2.05) is 0 Å². The molecule has 1 heterocycles. The fourth-order valence-corrected chi connectivity index (χ4v) is 0.480. The van der Waals surface area contributed by atoms with Crippen LogP contribution in [-0.4, -0.2) is 4.98 Å². The average molecular weight is 185 g/mol. The molecule has 0 atom stereocenters. The molecular formula is C6H3F3KN. The molecule has 0 unspecified atom stereocenters. The van der Waals surface area contributed by atoms with Crippen LogP contribution in [0.1, 0.15) is 5.56 Å². The Morgan fingerprint density at radius 3 is 2.27 bits per heavy atom. The SMILES string of the molecule is FC(F)(F)c1c[c-]cnc1.[K+]. The molecule has 1 nitrogen and oxygen atoms in total. The molecule has 54 valence electrons. The molecule has 0 aromatic carbocycles. The van der Waals surface area contributed by atoms with Gasteiger partial charge in [-0.1, -0.05) is 11.8 Å². The predicted molar refractivity (Wildman–Crippen MR) is 28.1 cm³/mol. The number of pyridine rings is 1. The van der Waals surface area contributed by atoms with Gasteiger partial charge in [-0.25, -0.2) is 12.1 Å². The molecule has 0 N–H and O–H groups in total. The number of aromatic nitrogens is 1. The minimum atomic E-state index is -4.30. The van der Waals surface area contributed by atoms with E-state index in [2.05, 4.69) is 11.1 Å². The van der Waals surface area contributed by atoms with Gasteiger partial charge < -0.3 is 4.98 Å². The molecular weight excluding hydrogens is 182 g/mol. The van der Waals surface area contributed by atoms with Crippen LogP contribution in [0.2, 0.25) is 0 Å². The van der Waals surface area contributed by atoms with Gasteiger partial charge in [0.05, 0.1) is 0 Å². The van der Waals surface area contributed by atoms with Crippen molar-refractivity contribution in [1.82, 2.24) is 4.98 Å². The Morgan fingerprint density at radius 1 is 1.36 bits per heavy atom. The summed E-state index contributed by atoms with van der Waals surface area (Å²) in [4.78, 5) is 3.28. The molecule has 0 saturated carbocycles. The molecule has 0 bridgehead atoms. The molecule has 5 heteroatoms. The third-order valence-electron chi connectivity index (χ3n) is 0.929. The molecule has 0 spiro atoms. The Balaban J connectivity index is 0.000001000. The van der Waals surface area contributed by atoms with E-state index in [9.17, 15) is 13.2 Å². The van der Waals surface area contributed by atoms with Crippen LogP contribution in [0, 0.1) is 6.07 Å². The number of halogens is 3. The van der Waals surface area contributed by atoms with Crippen LogP contribution in [0.4, 0.5) is 13.2 Å². The van der Waals surface area contributed by atoms with Gasteiger partial charge in [0.25, 0.3) is 0 Å². The third-order valence-corrected chi connectivity index (χ3v) is 0.929. The molecule has 0 radical (unpaired) electrons. The largest absolute Gasteiger partial charge is 1.00 e. The van der Waals surface area contributed by atoms with Crippen molar-refractivity contribution in [2.45, 2.75) is 6.18 Å². The van der Waals surface area contributed by atoms with Crippen molar-refractivity contribution in [3.8, 4) is 0 Å². The van der Waals surface area contributed by atoms with E-state index in [0.717, 1.165) is 12.3 Å². The van der Waals surface area contributed by atoms with Crippen molar-refractivity contribution < 1.29 is 64.6 Å². The van der Waals surface area contributed by atoms with E-state index >= 15 is 0 Å². The van der Waals surface area contributed by atoms with Crippen molar-refractivity contribution >= 4 is 0 Å². The van der Waals surface area contributed by atoms with Gasteiger partial charge in [0, 0.05) is 0 Å². The van der Waals surface area contributed by atoms with Crippen LogP contribution < -0.4 is 51.4 Å². The van der Waals surface area contributed by atoms with E-state index in [1.54, 1.807) is 0 Å². The van der Waals surface area contributed by atoms with E-state index in [1.165, 1.54) is 6.20 Å². The van der Waals surface area contributed by atoms with E-state index in [4.69, 9.17) is 0 Å². The van der Waals surface area contributed by atoms with Gasteiger partial charge in [0.2, 0.25) is 0 Å². The van der Waals surface area contributed by atoms with Crippen molar-refractivity contribution in [2.24, 2.45) is 0 Å². The first-order valence-electron chi connectivity index (χ1n) is 2.49. The fourth-order valence-electron chi connectivity index (χ4n) is 0.480. The summed E-state index contributed by atoms with van der Waals surface area (Å²) in [5.41, 5.74) is -0.769. The minimum absolute atomic E-state index is 0. The zero-order valence-electron chi connectivity index (χ0n) is 5.81. The maximum absolute atomic E-state index is 11.7. The third kappa shape index (κ3) is 3.66. The van der Waals surface area contributed by atoms with Crippen LogP contribution in [0.5, 0.6) is 0 Å². The molecule has 0 aliphatic heterocycles. The Bertz CT molecular complexity index is 209. The van der Waals surface area contributed by atoms with Gasteiger partial charge >= 0.3 is 57.6 Å². The number of hydrogen-bond acceptors (Lipinski definition) is 1. The maximum Gasteiger partial charge on any atom is 1.00 e. The van der Waals surface area contributed by atoms with Crippen LogP contribution in [0.15, 0.2) is 18.5 Å². The van der Waals surface area contributed by atoms with Crippen molar-refractivity contribution in [3.05, 3.63) is 30.1 Å². The van der Waals surface area contributed by atoms with E-state index in [0.29, 0.717) is 0 Å². The summed E-state index contributed by atoms with van der Waals surface area (Å²) in [5, 5.41) is 0. The van der Waals surface area contributed by atoms with Gasteiger partial charge in [-0.05, 0) is 6.20 Å². The number of hydrogen-bond donors (Lipinski definition) is 0. The van der Waals surface area contributed by atoms with Crippen molar-refractivity contribution in [3.63, 3.8) is 0 Å². The smallest absolute Gasteiger partial charge is 0.303 e. The molecule has 11 heavy (non-hydrogen) atoms. The minimum Gasteiger partial charge on any atom is -0.303 e. The van der Waals surface area contributed by atoms with Gasteiger partial charge in [-0.2, -0.15) is 13.2 Å². The number of rotatable bonds is 0. The summed E-state index contributed by atoms with van der Waals surface area (Å²) in [6.07, 6.45) is -2.36. The molecule has 0 saturated heterocycles. The van der Waals surface area contributed by atoms with Crippen LogP contribution >= 0.6 is 0 Å². The predicted octanol–water partition coefficient (Wildman–Crippen LogP) is -1.10.